The van der Waals surface area contributed by atoms with Gasteiger partial charge in [0.25, 0.3) is 0 Å². The molecule has 3 aromatic heterocycles. The first kappa shape index (κ1) is 30.6. The van der Waals surface area contributed by atoms with E-state index in [-0.39, 0.29) is 0 Å². The van der Waals surface area contributed by atoms with Crippen molar-refractivity contribution >= 4 is 65.0 Å². The predicted molar refractivity (Wildman–Crippen MR) is 222 cm³/mol. The minimum absolute atomic E-state index is 0.603. The van der Waals surface area contributed by atoms with E-state index in [1.54, 1.807) is 11.3 Å². The summed E-state index contributed by atoms with van der Waals surface area (Å²) in [5.41, 5.74) is 8.85. The van der Waals surface area contributed by atoms with Gasteiger partial charge in [0.2, 0.25) is 0 Å². The number of furan rings is 1. The lowest BCUT2D eigenvalue weighted by Crippen LogP contribution is -2.00. The summed E-state index contributed by atoms with van der Waals surface area (Å²) in [5.74, 6) is 1.84. The highest BCUT2D eigenvalue weighted by Crippen LogP contribution is 2.42. The molecule has 8 aromatic carbocycles. The molecule has 0 fully saturated rings. The highest BCUT2D eigenvalue weighted by Gasteiger charge is 2.19. The van der Waals surface area contributed by atoms with Crippen molar-refractivity contribution < 1.29 is 4.42 Å². The molecule has 0 saturated heterocycles. The van der Waals surface area contributed by atoms with Crippen LogP contribution in [0.15, 0.2) is 174 Å². The number of hydrogen-bond donors (Lipinski definition) is 0. The van der Waals surface area contributed by atoms with E-state index < -0.39 is 0 Å². The summed E-state index contributed by atoms with van der Waals surface area (Å²) in [6.07, 6.45) is 0. The van der Waals surface area contributed by atoms with E-state index in [0.29, 0.717) is 17.5 Å². The van der Waals surface area contributed by atoms with E-state index in [1.165, 1.54) is 26.2 Å². The molecule has 0 unspecified atom stereocenters. The van der Waals surface area contributed by atoms with Crippen molar-refractivity contribution in [2.24, 2.45) is 0 Å². The molecule has 0 aliphatic carbocycles. The molecular formula is C48H28N4OS. The molecule has 0 bridgehead atoms. The van der Waals surface area contributed by atoms with Gasteiger partial charge in [0, 0.05) is 43.8 Å². The van der Waals surface area contributed by atoms with Crippen LogP contribution < -0.4 is 0 Å². The number of rotatable bonds is 5. The molecule has 54 heavy (non-hydrogen) atoms. The lowest BCUT2D eigenvalue weighted by molar-refractivity contribution is 0.669. The molecule has 0 radical (unpaired) electrons. The number of nitrogens with zero attached hydrogens (tertiary/aromatic N) is 4. The van der Waals surface area contributed by atoms with Gasteiger partial charge >= 0.3 is 0 Å². The summed E-state index contributed by atoms with van der Waals surface area (Å²) in [5, 5.41) is 7.88. The van der Waals surface area contributed by atoms with Gasteiger partial charge in [0.1, 0.15) is 16.2 Å². The van der Waals surface area contributed by atoms with Gasteiger partial charge in [-0.15, -0.1) is 11.3 Å². The maximum Gasteiger partial charge on any atom is 0.164 e. The maximum atomic E-state index is 6.22. The van der Waals surface area contributed by atoms with Gasteiger partial charge in [-0.05, 0) is 40.1 Å². The van der Waals surface area contributed by atoms with Crippen LogP contribution >= 0.6 is 11.3 Å². The summed E-state index contributed by atoms with van der Waals surface area (Å²) >= 11 is 1.76. The summed E-state index contributed by atoms with van der Waals surface area (Å²) in [7, 11) is 0. The van der Waals surface area contributed by atoms with Crippen molar-refractivity contribution in [3.8, 4) is 55.9 Å². The van der Waals surface area contributed by atoms with E-state index in [2.05, 4.69) is 103 Å². The Hall–Kier alpha value is -7.02. The van der Waals surface area contributed by atoms with E-state index in [0.717, 1.165) is 65.8 Å². The zero-order valence-corrected chi connectivity index (χ0v) is 29.6. The zero-order valence-electron chi connectivity index (χ0n) is 28.8. The van der Waals surface area contributed by atoms with E-state index in [9.17, 15) is 0 Å². The smallest absolute Gasteiger partial charge is 0.164 e. The standard InChI is InChI=1S/C48H28N4OS/c1-3-12-30(13-4-1)45-50-46(52-47(51-45)38-19-11-21-41-42(38)37-18-9-10-20-40(37)53-41)31-24-22-29(23-25-31)33-26-27-36-39(28-33)34-16-7-8-17-35(34)43-44(36)54-48(49-43)32-14-5-2-6-15-32/h1-28H. The van der Waals surface area contributed by atoms with Gasteiger partial charge in [-0.3, -0.25) is 0 Å². The Kier molecular flexibility index (Phi) is 6.97. The minimum Gasteiger partial charge on any atom is -0.456 e. The third kappa shape index (κ3) is 4.99. The molecule has 11 aromatic rings. The summed E-state index contributed by atoms with van der Waals surface area (Å²) in [4.78, 5) is 20.3. The molecule has 0 aliphatic rings. The van der Waals surface area contributed by atoms with Crippen molar-refractivity contribution in [1.29, 1.82) is 0 Å². The molecule has 252 valence electrons. The molecule has 6 heteroatoms. The topological polar surface area (TPSA) is 64.7 Å². The predicted octanol–water partition coefficient (Wildman–Crippen LogP) is 13.0. The highest BCUT2D eigenvalue weighted by atomic mass is 32.1. The largest absolute Gasteiger partial charge is 0.456 e. The van der Waals surface area contributed by atoms with Crippen LogP contribution in [0, 0.1) is 0 Å². The van der Waals surface area contributed by atoms with Crippen LogP contribution in [0.3, 0.4) is 0 Å². The molecule has 0 spiro atoms. The van der Waals surface area contributed by atoms with Gasteiger partial charge in [0.15, 0.2) is 17.5 Å². The van der Waals surface area contributed by atoms with Crippen LogP contribution in [0.1, 0.15) is 0 Å². The molecule has 0 atom stereocenters. The van der Waals surface area contributed by atoms with Crippen LogP contribution in [0.25, 0.3) is 110 Å². The molecule has 0 amide bonds. The molecule has 5 nitrogen and oxygen atoms in total. The quantitative estimate of drug-likeness (QED) is 0.167. The number of thiazole rings is 1. The Balaban J connectivity index is 1.03. The average molecular weight is 709 g/mol. The number of para-hydroxylation sites is 1. The minimum atomic E-state index is 0.603. The Labute approximate surface area is 313 Å². The molecule has 0 N–H and O–H groups in total. The van der Waals surface area contributed by atoms with Crippen molar-refractivity contribution in [2.75, 3.05) is 0 Å². The van der Waals surface area contributed by atoms with Crippen LogP contribution in [0.5, 0.6) is 0 Å². The van der Waals surface area contributed by atoms with Crippen molar-refractivity contribution in [1.82, 2.24) is 19.9 Å². The lowest BCUT2D eigenvalue weighted by Gasteiger charge is -2.11. The van der Waals surface area contributed by atoms with Crippen molar-refractivity contribution in [3.05, 3.63) is 170 Å². The van der Waals surface area contributed by atoms with Gasteiger partial charge in [-0.2, -0.15) is 0 Å². The summed E-state index contributed by atoms with van der Waals surface area (Å²) < 4.78 is 7.43. The molecule has 3 heterocycles. The third-order valence-electron chi connectivity index (χ3n) is 10.2. The first-order valence-electron chi connectivity index (χ1n) is 17.9. The van der Waals surface area contributed by atoms with Crippen LogP contribution in [0.2, 0.25) is 0 Å². The fraction of sp³-hybridized carbons (Fsp3) is 0. The Morgan fingerprint density at radius 3 is 1.74 bits per heavy atom. The number of benzene rings is 8. The van der Waals surface area contributed by atoms with Crippen molar-refractivity contribution in [3.63, 3.8) is 0 Å². The highest BCUT2D eigenvalue weighted by molar-refractivity contribution is 7.22. The van der Waals surface area contributed by atoms with Gasteiger partial charge < -0.3 is 4.42 Å². The Morgan fingerprint density at radius 1 is 0.370 bits per heavy atom. The lowest BCUT2D eigenvalue weighted by atomic mass is 9.96. The molecule has 11 rings (SSSR count). The monoisotopic (exact) mass is 708 g/mol. The second-order valence-electron chi connectivity index (χ2n) is 13.4. The summed E-state index contributed by atoms with van der Waals surface area (Å²) in [6, 6.07) is 58.6. The number of fused-ring (bicyclic) bond motifs is 9. The normalized spacial score (nSPS) is 11.7. The van der Waals surface area contributed by atoms with Crippen LogP contribution in [-0.4, -0.2) is 19.9 Å². The van der Waals surface area contributed by atoms with Gasteiger partial charge in [-0.25, -0.2) is 19.9 Å². The van der Waals surface area contributed by atoms with Crippen molar-refractivity contribution in [2.45, 2.75) is 0 Å². The number of hydrogen-bond acceptors (Lipinski definition) is 6. The SMILES string of the molecule is c1ccc(-c2nc(-c3ccc(-c4ccc5c(c4)c4ccccc4c4nc(-c6ccccc6)sc54)cc3)nc(-c3cccc4oc5ccccc5c34)n2)cc1. The first-order chi connectivity index (χ1) is 26.7. The number of aromatic nitrogens is 4. The van der Waals surface area contributed by atoms with Crippen LogP contribution in [-0.2, 0) is 0 Å². The molecular weight excluding hydrogens is 681 g/mol. The first-order valence-corrected chi connectivity index (χ1v) is 18.7. The summed E-state index contributed by atoms with van der Waals surface area (Å²) in [6.45, 7) is 0. The maximum absolute atomic E-state index is 6.22. The molecule has 0 aliphatic heterocycles. The second-order valence-corrected chi connectivity index (χ2v) is 14.4. The molecule has 0 saturated carbocycles. The third-order valence-corrected chi connectivity index (χ3v) is 11.3. The van der Waals surface area contributed by atoms with E-state index in [1.807, 2.05) is 66.7 Å². The zero-order chi connectivity index (χ0) is 35.6. The van der Waals surface area contributed by atoms with Crippen LogP contribution in [0.4, 0.5) is 0 Å². The van der Waals surface area contributed by atoms with Gasteiger partial charge in [0.05, 0.1) is 10.2 Å². The second kappa shape index (κ2) is 12.3. The van der Waals surface area contributed by atoms with E-state index in [4.69, 9.17) is 24.4 Å². The Morgan fingerprint density at radius 2 is 0.963 bits per heavy atom. The van der Waals surface area contributed by atoms with Gasteiger partial charge in [-0.1, -0.05) is 152 Å². The fourth-order valence-corrected chi connectivity index (χ4v) is 8.70. The van der Waals surface area contributed by atoms with E-state index >= 15 is 0 Å². The Bertz CT molecular complexity index is 3210. The average Bonchev–Trinajstić information content (AvgIpc) is 3.87. The fourth-order valence-electron chi connectivity index (χ4n) is 7.57.